The molecule has 0 spiro atoms. The van der Waals surface area contributed by atoms with Gasteiger partial charge in [-0.25, -0.2) is 4.79 Å². The smallest absolute Gasteiger partial charge is 0.361 e. The summed E-state index contributed by atoms with van der Waals surface area (Å²) in [6.45, 7) is 7.32. The third-order valence-corrected chi connectivity index (χ3v) is 3.08. The number of esters is 1. The van der Waals surface area contributed by atoms with E-state index in [1.807, 2.05) is 18.9 Å². The van der Waals surface area contributed by atoms with Crippen LogP contribution in [0.1, 0.15) is 13.8 Å². The highest BCUT2D eigenvalue weighted by molar-refractivity contribution is 5.73. The number of halogens is 1. The number of carbonyl (C=O) groups excluding carboxylic acids is 2. The van der Waals surface area contributed by atoms with Gasteiger partial charge < -0.3 is 31.1 Å². The number of nitrogens with zero attached hydrogens (tertiary/aromatic N) is 2. The summed E-state index contributed by atoms with van der Waals surface area (Å²) in [6, 6.07) is 0. The molecule has 0 aliphatic carbocycles. The molecule has 0 bridgehead atoms. The van der Waals surface area contributed by atoms with Gasteiger partial charge in [-0.1, -0.05) is 0 Å². The third kappa shape index (κ3) is 5.04. The van der Waals surface area contributed by atoms with Crippen LogP contribution < -0.4 is 17.0 Å². The number of quaternary nitrogens is 1. The van der Waals surface area contributed by atoms with Gasteiger partial charge in [-0.2, -0.15) is 0 Å². The highest BCUT2D eigenvalue weighted by atomic mass is 79.9. The largest absolute Gasteiger partial charge is 1.00 e. The van der Waals surface area contributed by atoms with Crippen molar-refractivity contribution in [1.82, 2.24) is 4.90 Å². The first kappa shape index (κ1) is 16.4. The topological polar surface area (TPSA) is 46.6 Å². The first-order valence-corrected chi connectivity index (χ1v) is 5.71. The molecule has 0 aromatic carbocycles. The Bertz CT molecular complexity index is 276. The molecule has 0 N–H and O–H groups in total. The van der Waals surface area contributed by atoms with E-state index in [0.29, 0.717) is 17.6 Å². The van der Waals surface area contributed by atoms with Crippen LogP contribution in [0.15, 0.2) is 0 Å². The Labute approximate surface area is 113 Å². The number of piperazine rings is 1. The number of rotatable bonds is 3. The van der Waals surface area contributed by atoms with Crippen molar-refractivity contribution in [3.05, 3.63) is 0 Å². The van der Waals surface area contributed by atoms with Crippen molar-refractivity contribution in [2.45, 2.75) is 13.8 Å². The third-order valence-electron chi connectivity index (χ3n) is 3.08. The number of hydrogen-bond donors (Lipinski definition) is 0. The maximum Gasteiger partial charge on any atom is 0.361 e. The van der Waals surface area contributed by atoms with Gasteiger partial charge >= 0.3 is 5.97 Å². The molecule has 6 heteroatoms. The van der Waals surface area contributed by atoms with Crippen molar-refractivity contribution in [3.63, 3.8) is 0 Å². The van der Waals surface area contributed by atoms with Gasteiger partial charge in [0.15, 0.2) is 6.54 Å². The SMILES string of the molecule is CCOC(=O)C[N+]1(C)CCN(C(C)=O)CC1.[Br-]. The molecule has 5 nitrogen and oxygen atoms in total. The summed E-state index contributed by atoms with van der Waals surface area (Å²) in [6.07, 6.45) is 0. The lowest BCUT2D eigenvalue weighted by molar-refractivity contribution is -0.906. The fraction of sp³-hybridized carbons (Fsp3) is 0.818. The molecule has 1 amide bonds. The molecule has 0 atom stereocenters. The van der Waals surface area contributed by atoms with E-state index in [1.54, 1.807) is 6.92 Å². The summed E-state index contributed by atoms with van der Waals surface area (Å²) in [5.41, 5.74) is 0. The molecule has 100 valence electrons. The molecule has 0 aromatic heterocycles. The van der Waals surface area contributed by atoms with E-state index in [-0.39, 0.29) is 28.9 Å². The summed E-state index contributed by atoms with van der Waals surface area (Å²) in [5.74, 6) is -0.0383. The van der Waals surface area contributed by atoms with Gasteiger partial charge in [-0.3, -0.25) is 4.79 Å². The van der Waals surface area contributed by atoms with Gasteiger partial charge in [-0.05, 0) is 6.92 Å². The summed E-state index contributed by atoms with van der Waals surface area (Å²) >= 11 is 0. The van der Waals surface area contributed by atoms with Gasteiger partial charge in [0.1, 0.15) is 0 Å². The van der Waals surface area contributed by atoms with Crippen molar-refractivity contribution in [2.24, 2.45) is 0 Å². The van der Waals surface area contributed by atoms with Crippen LogP contribution in [0.25, 0.3) is 0 Å². The van der Waals surface area contributed by atoms with Crippen LogP contribution in [0.3, 0.4) is 0 Å². The van der Waals surface area contributed by atoms with Crippen molar-refractivity contribution < 1.29 is 35.8 Å². The van der Waals surface area contributed by atoms with Crippen LogP contribution in [0.5, 0.6) is 0 Å². The van der Waals surface area contributed by atoms with E-state index in [0.717, 1.165) is 26.2 Å². The molecule has 1 heterocycles. The second-order valence-electron chi connectivity index (χ2n) is 4.54. The molecule has 0 unspecified atom stereocenters. The van der Waals surface area contributed by atoms with E-state index in [9.17, 15) is 9.59 Å². The lowest BCUT2D eigenvalue weighted by Gasteiger charge is -2.40. The molecule has 17 heavy (non-hydrogen) atoms. The number of carbonyl (C=O) groups is 2. The van der Waals surface area contributed by atoms with E-state index in [2.05, 4.69) is 0 Å². The van der Waals surface area contributed by atoms with Crippen LogP contribution in [0.4, 0.5) is 0 Å². The van der Waals surface area contributed by atoms with Gasteiger partial charge in [0.05, 0.1) is 39.8 Å². The standard InChI is InChI=1S/C11H21N2O3.BrH/c1-4-16-11(15)9-13(3)7-5-12(6-8-13)10(2)14;/h4-9H2,1-3H3;1H/q+1;/p-1. The molecule has 0 aromatic rings. The minimum atomic E-state index is -0.152. The second kappa shape index (κ2) is 6.96. The molecule has 1 aliphatic heterocycles. The van der Waals surface area contributed by atoms with Crippen LogP contribution in [0.2, 0.25) is 0 Å². The van der Waals surface area contributed by atoms with Crippen molar-refractivity contribution in [2.75, 3.05) is 46.4 Å². The van der Waals surface area contributed by atoms with Gasteiger partial charge in [0.2, 0.25) is 5.91 Å². The molecule has 1 fully saturated rings. The molecule has 1 saturated heterocycles. The zero-order valence-corrected chi connectivity index (χ0v) is 12.3. The zero-order valence-electron chi connectivity index (χ0n) is 10.7. The Morgan fingerprint density at radius 3 is 2.24 bits per heavy atom. The normalized spacial score (nSPS) is 18.2. The molecule has 1 aliphatic rings. The number of ether oxygens (including phenoxy) is 1. The monoisotopic (exact) mass is 308 g/mol. The fourth-order valence-corrected chi connectivity index (χ4v) is 1.94. The molecule has 1 rings (SSSR count). The second-order valence-corrected chi connectivity index (χ2v) is 4.54. The summed E-state index contributed by atoms with van der Waals surface area (Å²) in [7, 11) is 2.04. The van der Waals surface area contributed by atoms with Crippen LogP contribution in [0, 0.1) is 0 Å². The average Bonchev–Trinajstić information content (AvgIpc) is 2.17. The maximum absolute atomic E-state index is 11.4. The maximum atomic E-state index is 11.4. The van der Waals surface area contributed by atoms with Gasteiger partial charge in [-0.15, -0.1) is 0 Å². The number of hydrogen-bond acceptors (Lipinski definition) is 3. The lowest BCUT2D eigenvalue weighted by Crippen LogP contribution is -3.00. The van der Waals surface area contributed by atoms with Crippen molar-refractivity contribution in [1.29, 1.82) is 0 Å². The average molecular weight is 309 g/mol. The molecular formula is C11H21BrN2O3. The first-order chi connectivity index (χ1) is 7.47. The van der Waals surface area contributed by atoms with E-state index in [4.69, 9.17) is 4.74 Å². The van der Waals surface area contributed by atoms with Crippen LogP contribution in [-0.2, 0) is 14.3 Å². The van der Waals surface area contributed by atoms with E-state index in [1.165, 1.54) is 0 Å². The summed E-state index contributed by atoms with van der Waals surface area (Å²) in [4.78, 5) is 24.4. The summed E-state index contributed by atoms with van der Waals surface area (Å²) in [5, 5.41) is 0. The minimum Gasteiger partial charge on any atom is -1.00 e. The Balaban J connectivity index is 0.00000256. The van der Waals surface area contributed by atoms with Gasteiger partial charge in [0.25, 0.3) is 0 Å². The Kier molecular flexibility index (Phi) is 6.70. The molecule has 0 saturated carbocycles. The lowest BCUT2D eigenvalue weighted by atomic mass is 10.2. The minimum absolute atomic E-state index is 0. The van der Waals surface area contributed by atoms with Crippen LogP contribution in [-0.4, -0.2) is 67.6 Å². The molecule has 0 radical (unpaired) electrons. The van der Waals surface area contributed by atoms with E-state index < -0.39 is 0 Å². The number of amides is 1. The highest BCUT2D eigenvalue weighted by Crippen LogP contribution is 2.10. The van der Waals surface area contributed by atoms with E-state index >= 15 is 0 Å². The predicted molar refractivity (Wildman–Crippen MR) is 59.7 cm³/mol. The Hall–Kier alpha value is -0.620. The fourth-order valence-electron chi connectivity index (χ4n) is 1.94. The van der Waals surface area contributed by atoms with Gasteiger partial charge in [0, 0.05) is 6.92 Å². The predicted octanol–water partition coefficient (Wildman–Crippen LogP) is -3.14. The molecular weight excluding hydrogens is 288 g/mol. The van der Waals surface area contributed by atoms with Crippen molar-refractivity contribution >= 4 is 11.9 Å². The summed E-state index contributed by atoms with van der Waals surface area (Å²) < 4.78 is 5.62. The number of likely N-dealkylation sites (N-methyl/N-ethyl adjacent to an activating group) is 1. The van der Waals surface area contributed by atoms with Crippen LogP contribution >= 0.6 is 0 Å². The zero-order chi connectivity index (χ0) is 12.2. The highest BCUT2D eigenvalue weighted by Gasteiger charge is 2.32. The Morgan fingerprint density at radius 1 is 1.29 bits per heavy atom. The first-order valence-electron chi connectivity index (χ1n) is 5.71. The van der Waals surface area contributed by atoms with Crippen molar-refractivity contribution in [3.8, 4) is 0 Å². The Morgan fingerprint density at radius 2 is 1.82 bits per heavy atom. The quantitative estimate of drug-likeness (QED) is 0.409.